The van der Waals surface area contributed by atoms with E-state index in [1.807, 2.05) is 45.0 Å². The highest BCUT2D eigenvalue weighted by atomic mass is 16.5. The van der Waals surface area contributed by atoms with Gasteiger partial charge in [-0.05, 0) is 50.8 Å². The number of hydrogen-bond donors (Lipinski definition) is 1. The SMILES string of the molecule is CC(C)CCN(C)C(=O)NC(=O)OCCc1ccc(OC(C)(C)C)cc1. The van der Waals surface area contributed by atoms with Gasteiger partial charge in [-0.15, -0.1) is 0 Å². The maximum Gasteiger partial charge on any atom is 0.415 e. The van der Waals surface area contributed by atoms with Crippen molar-refractivity contribution in [1.82, 2.24) is 10.2 Å². The Bertz CT molecular complexity index is 576. The summed E-state index contributed by atoms with van der Waals surface area (Å²) >= 11 is 0. The Hall–Kier alpha value is -2.24. The molecule has 0 aromatic heterocycles. The molecule has 146 valence electrons. The molecule has 26 heavy (non-hydrogen) atoms. The van der Waals surface area contributed by atoms with Gasteiger partial charge in [-0.25, -0.2) is 14.9 Å². The van der Waals surface area contributed by atoms with Crippen LogP contribution in [0.25, 0.3) is 0 Å². The normalized spacial score (nSPS) is 11.2. The Labute approximate surface area is 156 Å². The van der Waals surface area contributed by atoms with Gasteiger partial charge in [0.25, 0.3) is 0 Å². The summed E-state index contributed by atoms with van der Waals surface area (Å²) in [6, 6.07) is 7.22. The van der Waals surface area contributed by atoms with Gasteiger partial charge < -0.3 is 14.4 Å². The summed E-state index contributed by atoms with van der Waals surface area (Å²) in [7, 11) is 1.66. The molecule has 0 saturated carbocycles. The van der Waals surface area contributed by atoms with Crippen LogP contribution in [0.3, 0.4) is 0 Å². The molecule has 6 nitrogen and oxygen atoms in total. The van der Waals surface area contributed by atoms with E-state index in [2.05, 4.69) is 19.2 Å². The molecule has 0 saturated heterocycles. The van der Waals surface area contributed by atoms with Crippen molar-refractivity contribution in [3.63, 3.8) is 0 Å². The summed E-state index contributed by atoms with van der Waals surface area (Å²) in [5, 5.41) is 2.23. The van der Waals surface area contributed by atoms with Crippen molar-refractivity contribution in [1.29, 1.82) is 0 Å². The smallest absolute Gasteiger partial charge is 0.415 e. The number of alkyl carbamates (subject to hydrolysis) is 1. The lowest BCUT2D eigenvalue weighted by atomic mass is 10.1. The number of benzene rings is 1. The lowest BCUT2D eigenvalue weighted by Gasteiger charge is -2.21. The van der Waals surface area contributed by atoms with Crippen LogP contribution in [0.2, 0.25) is 0 Å². The zero-order valence-corrected chi connectivity index (χ0v) is 16.8. The lowest BCUT2D eigenvalue weighted by molar-refractivity contribution is 0.130. The summed E-state index contributed by atoms with van der Waals surface area (Å²) in [6.07, 6.45) is 0.730. The number of urea groups is 1. The summed E-state index contributed by atoms with van der Waals surface area (Å²) in [5.41, 5.74) is 0.789. The van der Waals surface area contributed by atoms with Crippen molar-refractivity contribution in [3.05, 3.63) is 29.8 Å². The van der Waals surface area contributed by atoms with E-state index in [0.29, 0.717) is 18.9 Å². The maximum absolute atomic E-state index is 11.9. The Morgan fingerprint density at radius 2 is 1.77 bits per heavy atom. The van der Waals surface area contributed by atoms with Crippen LogP contribution in [0.1, 0.15) is 46.6 Å². The second-order valence-electron chi connectivity index (χ2n) is 7.78. The number of imide groups is 1. The number of nitrogens with one attached hydrogen (secondary N) is 1. The number of rotatable bonds is 7. The number of hydrogen-bond acceptors (Lipinski definition) is 4. The average molecular weight is 364 g/mol. The fourth-order valence-electron chi connectivity index (χ4n) is 2.11. The monoisotopic (exact) mass is 364 g/mol. The van der Waals surface area contributed by atoms with Crippen LogP contribution in [0.5, 0.6) is 5.75 Å². The van der Waals surface area contributed by atoms with Crippen LogP contribution in [-0.2, 0) is 11.2 Å². The van der Waals surface area contributed by atoms with Gasteiger partial charge in [0.2, 0.25) is 0 Å². The summed E-state index contributed by atoms with van der Waals surface area (Å²) in [6.45, 7) is 11.0. The minimum Gasteiger partial charge on any atom is -0.488 e. The molecule has 1 rings (SSSR count). The molecule has 0 unspecified atom stereocenters. The van der Waals surface area contributed by atoms with E-state index >= 15 is 0 Å². The molecule has 3 amide bonds. The van der Waals surface area contributed by atoms with Crippen molar-refractivity contribution in [3.8, 4) is 5.75 Å². The second kappa shape index (κ2) is 10.0. The van der Waals surface area contributed by atoms with E-state index in [4.69, 9.17) is 9.47 Å². The third-order valence-electron chi connectivity index (χ3n) is 3.57. The van der Waals surface area contributed by atoms with Crippen molar-refractivity contribution in [2.24, 2.45) is 5.92 Å². The summed E-state index contributed by atoms with van der Waals surface area (Å²) < 4.78 is 10.8. The first-order valence-electron chi connectivity index (χ1n) is 9.03. The third kappa shape index (κ3) is 9.30. The predicted molar refractivity (Wildman–Crippen MR) is 102 cm³/mol. The van der Waals surface area contributed by atoms with Crippen LogP contribution in [-0.4, -0.2) is 42.8 Å². The number of amides is 3. The molecular formula is C20H32N2O4. The fraction of sp³-hybridized carbons (Fsp3) is 0.600. The minimum atomic E-state index is -0.723. The first-order valence-corrected chi connectivity index (χ1v) is 9.03. The van der Waals surface area contributed by atoms with E-state index in [1.165, 1.54) is 4.90 Å². The number of nitrogens with zero attached hydrogens (tertiary/aromatic N) is 1. The highest BCUT2D eigenvalue weighted by molar-refractivity contribution is 5.90. The molecule has 0 bridgehead atoms. The molecule has 0 radical (unpaired) electrons. The molecule has 0 heterocycles. The van der Waals surface area contributed by atoms with Gasteiger partial charge >= 0.3 is 12.1 Å². The molecule has 0 aliphatic carbocycles. The molecule has 0 aliphatic rings. The average Bonchev–Trinajstić information content (AvgIpc) is 2.52. The van der Waals surface area contributed by atoms with Gasteiger partial charge in [-0.3, -0.25) is 0 Å². The van der Waals surface area contributed by atoms with Crippen LogP contribution >= 0.6 is 0 Å². The standard InChI is InChI=1S/C20H32N2O4/c1-15(2)11-13-22(6)18(23)21-19(24)25-14-12-16-7-9-17(10-8-16)26-20(3,4)5/h7-10,15H,11-14H2,1-6H3,(H,21,23,24). The summed E-state index contributed by atoms with van der Waals surface area (Å²) in [5.74, 6) is 1.30. The molecule has 0 fully saturated rings. The van der Waals surface area contributed by atoms with Crippen molar-refractivity contribution >= 4 is 12.1 Å². The Kier molecular flexibility index (Phi) is 8.42. The van der Waals surface area contributed by atoms with E-state index in [0.717, 1.165) is 17.7 Å². The van der Waals surface area contributed by atoms with Crippen LogP contribution < -0.4 is 10.1 Å². The Balaban J connectivity index is 2.32. The topological polar surface area (TPSA) is 67.9 Å². The second-order valence-corrected chi connectivity index (χ2v) is 7.78. The minimum absolute atomic E-state index is 0.203. The third-order valence-corrected chi connectivity index (χ3v) is 3.57. The Morgan fingerprint density at radius 1 is 1.15 bits per heavy atom. The first kappa shape index (κ1) is 21.8. The van der Waals surface area contributed by atoms with Crippen molar-refractivity contribution in [2.45, 2.75) is 53.1 Å². The van der Waals surface area contributed by atoms with Crippen molar-refractivity contribution in [2.75, 3.05) is 20.2 Å². The lowest BCUT2D eigenvalue weighted by Crippen LogP contribution is -2.41. The largest absolute Gasteiger partial charge is 0.488 e. The number of carbonyl (C=O) groups excluding carboxylic acids is 2. The zero-order chi connectivity index (χ0) is 19.7. The van der Waals surface area contributed by atoms with Crippen molar-refractivity contribution < 1.29 is 19.1 Å². The van der Waals surface area contributed by atoms with E-state index in [9.17, 15) is 9.59 Å². The summed E-state index contributed by atoms with van der Waals surface area (Å²) in [4.78, 5) is 25.0. The van der Waals surface area contributed by atoms with Crippen LogP contribution in [0.4, 0.5) is 9.59 Å². The van der Waals surface area contributed by atoms with E-state index < -0.39 is 12.1 Å². The van der Waals surface area contributed by atoms with Gasteiger partial charge in [-0.1, -0.05) is 26.0 Å². The van der Waals surface area contributed by atoms with Gasteiger partial charge in [0, 0.05) is 20.0 Å². The molecule has 6 heteroatoms. The van der Waals surface area contributed by atoms with Gasteiger partial charge in [0.1, 0.15) is 11.4 Å². The van der Waals surface area contributed by atoms with E-state index in [-0.39, 0.29) is 12.2 Å². The quantitative estimate of drug-likeness (QED) is 0.786. The van der Waals surface area contributed by atoms with Gasteiger partial charge in [0.05, 0.1) is 6.61 Å². The highest BCUT2D eigenvalue weighted by Gasteiger charge is 2.14. The molecule has 0 aliphatic heterocycles. The van der Waals surface area contributed by atoms with Crippen LogP contribution in [0.15, 0.2) is 24.3 Å². The molecule has 1 N–H and O–H groups in total. The molecule has 0 atom stereocenters. The predicted octanol–water partition coefficient (Wildman–Crippen LogP) is 4.23. The van der Waals surface area contributed by atoms with Gasteiger partial charge in [0.15, 0.2) is 0 Å². The highest BCUT2D eigenvalue weighted by Crippen LogP contribution is 2.18. The fourth-order valence-corrected chi connectivity index (χ4v) is 2.11. The molecule has 1 aromatic carbocycles. The zero-order valence-electron chi connectivity index (χ0n) is 16.8. The number of carbonyl (C=O) groups is 2. The Morgan fingerprint density at radius 3 is 2.31 bits per heavy atom. The first-order chi connectivity index (χ1) is 12.1. The molecular weight excluding hydrogens is 332 g/mol. The maximum atomic E-state index is 11.9. The molecule has 1 aromatic rings. The number of ether oxygens (including phenoxy) is 2. The molecule has 0 spiro atoms. The van der Waals surface area contributed by atoms with Crippen LogP contribution in [0, 0.1) is 5.92 Å². The van der Waals surface area contributed by atoms with E-state index in [1.54, 1.807) is 7.05 Å². The van der Waals surface area contributed by atoms with Gasteiger partial charge in [-0.2, -0.15) is 0 Å².